The van der Waals surface area contributed by atoms with Gasteiger partial charge in [0.2, 0.25) is 11.8 Å². The van der Waals surface area contributed by atoms with Crippen LogP contribution >= 0.6 is 11.6 Å². The lowest BCUT2D eigenvalue weighted by Gasteiger charge is -2.36. The van der Waals surface area contributed by atoms with Crippen molar-refractivity contribution in [2.24, 2.45) is 0 Å². The molecule has 1 unspecified atom stereocenters. The van der Waals surface area contributed by atoms with Gasteiger partial charge in [0.1, 0.15) is 0 Å². The number of nitrogens with one attached hydrogen (secondary N) is 2. The summed E-state index contributed by atoms with van der Waals surface area (Å²) >= 11 is 6.07. The molecule has 1 heterocycles. The third kappa shape index (κ3) is 5.24. The molecular weight excluding hydrogens is 474 g/mol. The van der Waals surface area contributed by atoms with E-state index in [1.54, 1.807) is 41.3 Å². The van der Waals surface area contributed by atoms with Crippen molar-refractivity contribution in [1.82, 2.24) is 4.90 Å². The average molecular weight is 498 g/mol. The van der Waals surface area contributed by atoms with Crippen LogP contribution in [-0.4, -0.2) is 31.7 Å². The van der Waals surface area contributed by atoms with Crippen molar-refractivity contribution in [2.45, 2.75) is 30.7 Å². The third-order valence-corrected chi connectivity index (χ3v) is 7.43. The van der Waals surface area contributed by atoms with Gasteiger partial charge in [-0.1, -0.05) is 54.1 Å². The summed E-state index contributed by atoms with van der Waals surface area (Å²) in [5.41, 5.74) is 2.68. The first-order valence-corrected chi connectivity index (χ1v) is 12.6. The van der Waals surface area contributed by atoms with Crippen molar-refractivity contribution in [3.63, 3.8) is 0 Å². The van der Waals surface area contributed by atoms with Gasteiger partial charge in [0.25, 0.3) is 10.0 Å². The Kier molecular flexibility index (Phi) is 6.90. The standard InChI is InChI=1S/C25H24ClN3O4S/c1-17(30)29-14-13-18-7-2-3-10-21(18)24(29)16-25(31)27-19-8-6-9-20(15-19)34(32,33)28-23-12-5-4-11-22(23)26/h2-12,15,24,28H,13-14,16H2,1H3,(H,27,31). The van der Waals surface area contributed by atoms with Gasteiger partial charge in [0, 0.05) is 19.2 Å². The van der Waals surface area contributed by atoms with Gasteiger partial charge in [0.05, 0.1) is 28.1 Å². The topological polar surface area (TPSA) is 95.6 Å². The van der Waals surface area contributed by atoms with E-state index in [0.717, 1.165) is 17.5 Å². The van der Waals surface area contributed by atoms with Gasteiger partial charge in [-0.05, 0) is 47.9 Å². The fraction of sp³-hybridized carbons (Fsp3) is 0.200. The molecule has 0 radical (unpaired) electrons. The number of fused-ring (bicyclic) bond motifs is 1. The molecule has 7 nitrogen and oxygen atoms in total. The second-order valence-electron chi connectivity index (χ2n) is 8.04. The number of hydrogen-bond donors (Lipinski definition) is 2. The summed E-state index contributed by atoms with van der Waals surface area (Å²) in [7, 11) is -3.92. The smallest absolute Gasteiger partial charge is 0.262 e. The second kappa shape index (κ2) is 9.87. The summed E-state index contributed by atoms with van der Waals surface area (Å²) < 4.78 is 28.1. The van der Waals surface area contributed by atoms with Crippen LogP contribution in [0.15, 0.2) is 77.7 Å². The lowest BCUT2D eigenvalue weighted by Crippen LogP contribution is -2.40. The molecule has 1 atom stereocenters. The Morgan fingerprint density at radius 3 is 2.53 bits per heavy atom. The van der Waals surface area contributed by atoms with Crippen LogP contribution < -0.4 is 10.0 Å². The molecular formula is C25H24ClN3O4S. The molecule has 0 aliphatic carbocycles. The molecule has 176 valence electrons. The number of benzene rings is 3. The van der Waals surface area contributed by atoms with E-state index < -0.39 is 10.0 Å². The highest BCUT2D eigenvalue weighted by atomic mass is 35.5. The Morgan fingerprint density at radius 2 is 1.76 bits per heavy atom. The fourth-order valence-corrected chi connectivity index (χ4v) is 5.49. The van der Waals surface area contributed by atoms with Crippen LogP contribution in [0, 0.1) is 0 Å². The Morgan fingerprint density at radius 1 is 1.03 bits per heavy atom. The number of hydrogen-bond acceptors (Lipinski definition) is 4. The number of carbonyl (C=O) groups excluding carboxylic acids is 2. The van der Waals surface area contributed by atoms with Gasteiger partial charge in [-0.25, -0.2) is 8.42 Å². The molecule has 0 bridgehead atoms. The minimum absolute atomic E-state index is 0.0152. The zero-order valence-electron chi connectivity index (χ0n) is 18.5. The van der Waals surface area contributed by atoms with Gasteiger partial charge < -0.3 is 10.2 Å². The van der Waals surface area contributed by atoms with Crippen molar-refractivity contribution in [2.75, 3.05) is 16.6 Å². The van der Waals surface area contributed by atoms with E-state index in [4.69, 9.17) is 11.6 Å². The van der Waals surface area contributed by atoms with E-state index in [9.17, 15) is 18.0 Å². The van der Waals surface area contributed by atoms with Gasteiger partial charge >= 0.3 is 0 Å². The van der Waals surface area contributed by atoms with Crippen LogP contribution in [0.4, 0.5) is 11.4 Å². The number of sulfonamides is 1. The maximum absolute atomic E-state index is 12.9. The lowest BCUT2D eigenvalue weighted by atomic mass is 9.90. The summed E-state index contributed by atoms with van der Waals surface area (Å²) in [5.74, 6) is -0.410. The highest BCUT2D eigenvalue weighted by molar-refractivity contribution is 7.92. The molecule has 1 aliphatic heterocycles. The first kappa shape index (κ1) is 23.8. The predicted molar refractivity (Wildman–Crippen MR) is 132 cm³/mol. The SMILES string of the molecule is CC(=O)N1CCc2ccccc2C1CC(=O)Nc1cccc(S(=O)(=O)Nc2ccccc2Cl)c1. The van der Waals surface area contributed by atoms with Crippen LogP contribution in [0.3, 0.4) is 0 Å². The summed E-state index contributed by atoms with van der Waals surface area (Å²) in [6, 6.07) is 19.9. The van der Waals surface area contributed by atoms with Crippen LogP contribution in [0.25, 0.3) is 0 Å². The number of rotatable bonds is 6. The number of para-hydroxylation sites is 1. The van der Waals surface area contributed by atoms with E-state index in [2.05, 4.69) is 10.0 Å². The first-order valence-electron chi connectivity index (χ1n) is 10.8. The molecule has 3 aromatic rings. The summed E-state index contributed by atoms with van der Waals surface area (Å²) in [4.78, 5) is 26.8. The van der Waals surface area contributed by atoms with E-state index in [1.165, 1.54) is 19.1 Å². The predicted octanol–water partition coefficient (Wildman–Crippen LogP) is 4.62. The number of halogens is 1. The van der Waals surface area contributed by atoms with Gasteiger partial charge in [-0.2, -0.15) is 0 Å². The highest BCUT2D eigenvalue weighted by Gasteiger charge is 2.30. The van der Waals surface area contributed by atoms with E-state index in [1.807, 2.05) is 24.3 Å². The molecule has 2 amide bonds. The second-order valence-corrected chi connectivity index (χ2v) is 10.1. The van der Waals surface area contributed by atoms with Crippen molar-refractivity contribution in [3.05, 3.63) is 88.9 Å². The Bertz CT molecular complexity index is 1340. The summed E-state index contributed by atoms with van der Waals surface area (Å²) in [6.45, 7) is 2.05. The maximum Gasteiger partial charge on any atom is 0.262 e. The Labute approximate surface area is 203 Å². The molecule has 34 heavy (non-hydrogen) atoms. The zero-order valence-corrected chi connectivity index (χ0v) is 20.1. The monoisotopic (exact) mass is 497 g/mol. The van der Waals surface area contributed by atoms with Gasteiger partial charge in [-0.15, -0.1) is 0 Å². The van der Waals surface area contributed by atoms with Crippen LogP contribution in [-0.2, 0) is 26.0 Å². The number of anilines is 2. The number of amides is 2. The minimum Gasteiger partial charge on any atom is -0.335 e. The van der Waals surface area contributed by atoms with E-state index in [0.29, 0.717) is 12.2 Å². The van der Waals surface area contributed by atoms with Crippen molar-refractivity contribution < 1.29 is 18.0 Å². The van der Waals surface area contributed by atoms with Crippen LogP contribution in [0.1, 0.15) is 30.5 Å². The highest BCUT2D eigenvalue weighted by Crippen LogP contribution is 2.33. The normalized spacial score (nSPS) is 15.4. The van der Waals surface area contributed by atoms with Gasteiger partial charge in [0.15, 0.2) is 0 Å². The molecule has 2 N–H and O–H groups in total. The molecule has 0 saturated heterocycles. The van der Waals surface area contributed by atoms with E-state index in [-0.39, 0.29) is 39.9 Å². The third-order valence-electron chi connectivity index (χ3n) is 5.74. The Balaban J connectivity index is 1.51. The average Bonchev–Trinajstić information content (AvgIpc) is 2.80. The number of carbonyl (C=O) groups is 2. The largest absolute Gasteiger partial charge is 0.335 e. The summed E-state index contributed by atoms with van der Waals surface area (Å²) in [5, 5.41) is 3.05. The molecule has 1 aliphatic rings. The van der Waals surface area contributed by atoms with Crippen LogP contribution in [0.2, 0.25) is 5.02 Å². The molecule has 4 rings (SSSR count). The van der Waals surface area contributed by atoms with Gasteiger partial charge in [-0.3, -0.25) is 14.3 Å². The fourth-order valence-electron chi connectivity index (χ4n) is 4.12. The maximum atomic E-state index is 12.9. The number of nitrogens with zero attached hydrogens (tertiary/aromatic N) is 1. The first-order chi connectivity index (χ1) is 16.2. The van der Waals surface area contributed by atoms with Crippen molar-refractivity contribution in [1.29, 1.82) is 0 Å². The zero-order chi connectivity index (χ0) is 24.3. The molecule has 0 fully saturated rings. The summed E-state index contributed by atoms with van der Waals surface area (Å²) in [6.07, 6.45) is 0.803. The minimum atomic E-state index is -3.92. The molecule has 3 aromatic carbocycles. The quantitative estimate of drug-likeness (QED) is 0.519. The van der Waals surface area contributed by atoms with Crippen molar-refractivity contribution in [3.8, 4) is 0 Å². The lowest BCUT2D eigenvalue weighted by molar-refractivity contribution is -0.132. The molecule has 9 heteroatoms. The molecule has 0 saturated carbocycles. The molecule has 0 spiro atoms. The van der Waals surface area contributed by atoms with E-state index >= 15 is 0 Å². The van der Waals surface area contributed by atoms with Crippen molar-refractivity contribution >= 4 is 44.8 Å². The van der Waals surface area contributed by atoms with Crippen LogP contribution in [0.5, 0.6) is 0 Å². The molecule has 0 aromatic heterocycles. The Hall–Kier alpha value is -3.36.